The quantitative estimate of drug-likeness (QED) is 0.373. The Kier molecular flexibility index (Phi) is 6.34. The van der Waals surface area contributed by atoms with Gasteiger partial charge in [-0.05, 0) is 55.3 Å². The van der Waals surface area contributed by atoms with Crippen LogP contribution in [0.5, 0.6) is 11.6 Å². The first kappa shape index (κ1) is 23.4. The van der Waals surface area contributed by atoms with Crippen LogP contribution in [0.25, 0.3) is 11.0 Å². The molecule has 0 aliphatic carbocycles. The van der Waals surface area contributed by atoms with E-state index in [1.54, 1.807) is 19.1 Å². The van der Waals surface area contributed by atoms with E-state index >= 15 is 0 Å². The molecular formula is C24H20F2N2O5S. The summed E-state index contributed by atoms with van der Waals surface area (Å²) in [6.45, 7) is 3.14. The molecule has 0 atom stereocenters. The highest BCUT2D eigenvalue weighted by atomic mass is 32.2. The Morgan fingerprint density at radius 1 is 1.12 bits per heavy atom. The molecule has 0 unspecified atom stereocenters. The van der Waals surface area contributed by atoms with Crippen LogP contribution in [0.1, 0.15) is 23.6 Å². The summed E-state index contributed by atoms with van der Waals surface area (Å²) in [5.41, 5.74) is 0.282. The first-order valence-corrected chi connectivity index (χ1v) is 12.0. The zero-order chi connectivity index (χ0) is 24.5. The van der Waals surface area contributed by atoms with Crippen molar-refractivity contribution in [1.82, 2.24) is 4.98 Å². The highest BCUT2D eigenvalue weighted by Gasteiger charge is 2.18. The van der Waals surface area contributed by atoms with E-state index in [1.165, 1.54) is 49.5 Å². The topological polar surface area (TPSA) is 98.5 Å². The summed E-state index contributed by atoms with van der Waals surface area (Å²) in [7, 11) is -3.67. The molecule has 0 radical (unpaired) electrons. The Bertz CT molecular complexity index is 1550. The number of pyridine rings is 1. The van der Waals surface area contributed by atoms with Gasteiger partial charge in [0.15, 0.2) is 11.6 Å². The van der Waals surface area contributed by atoms with Crippen LogP contribution in [-0.4, -0.2) is 19.2 Å². The van der Waals surface area contributed by atoms with E-state index in [1.807, 2.05) is 0 Å². The molecule has 0 amide bonds. The van der Waals surface area contributed by atoms with Gasteiger partial charge in [-0.15, -0.1) is 0 Å². The van der Waals surface area contributed by atoms with E-state index < -0.39 is 27.3 Å². The second kappa shape index (κ2) is 9.22. The molecule has 34 heavy (non-hydrogen) atoms. The predicted molar refractivity (Wildman–Crippen MR) is 124 cm³/mol. The normalized spacial score (nSPS) is 11.5. The number of rotatable bonds is 7. The number of halogens is 2. The largest absolute Gasteiger partial charge is 0.436 e. The number of nitrogens with one attached hydrogen (secondary N) is 1. The molecule has 7 nitrogen and oxygen atoms in total. The number of hydrogen-bond donors (Lipinski definition) is 1. The lowest BCUT2D eigenvalue weighted by atomic mass is 9.99. The number of fused-ring (bicyclic) bond motifs is 1. The molecule has 0 bridgehead atoms. The van der Waals surface area contributed by atoms with Gasteiger partial charge in [-0.25, -0.2) is 27.0 Å². The highest BCUT2D eigenvalue weighted by molar-refractivity contribution is 7.92. The summed E-state index contributed by atoms with van der Waals surface area (Å²) >= 11 is 0. The average Bonchev–Trinajstić information content (AvgIpc) is 2.80. The van der Waals surface area contributed by atoms with Crippen molar-refractivity contribution >= 4 is 26.7 Å². The van der Waals surface area contributed by atoms with Crippen molar-refractivity contribution in [2.24, 2.45) is 0 Å². The summed E-state index contributed by atoms with van der Waals surface area (Å²) in [5.74, 6) is -1.60. The van der Waals surface area contributed by atoms with Crippen molar-refractivity contribution in [2.45, 2.75) is 20.3 Å². The first-order valence-electron chi connectivity index (χ1n) is 10.3. The van der Waals surface area contributed by atoms with Gasteiger partial charge in [-0.2, -0.15) is 0 Å². The van der Waals surface area contributed by atoms with Gasteiger partial charge in [0, 0.05) is 29.6 Å². The van der Waals surface area contributed by atoms with Crippen LogP contribution in [-0.2, 0) is 16.4 Å². The zero-order valence-electron chi connectivity index (χ0n) is 18.3. The molecule has 4 rings (SSSR count). The van der Waals surface area contributed by atoms with Gasteiger partial charge in [-0.3, -0.25) is 4.72 Å². The summed E-state index contributed by atoms with van der Waals surface area (Å²) in [6.07, 6.45) is 1.28. The molecule has 2 heterocycles. The van der Waals surface area contributed by atoms with Crippen molar-refractivity contribution in [3.05, 3.63) is 93.5 Å². The third-order valence-corrected chi connectivity index (χ3v) is 6.58. The van der Waals surface area contributed by atoms with Gasteiger partial charge in [0.25, 0.3) is 5.88 Å². The maximum absolute atomic E-state index is 15.0. The maximum Gasteiger partial charge on any atom is 0.340 e. The van der Waals surface area contributed by atoms with Gasteiger partial charge in [0.05, 0.1) is 11.4 Å². The predicted octanol–water partition coefficient (Wildman–Crippen LogP) is 4.92. The number of aryl methyl sites for hydroxylation is 1. The minimum atomic E-state index is -3.67. The lowest BCUT2D eigenvalue weighted by molar-refractivity contribution is 0.422. The lowest BCUT2D eigenvalue weighted by Crippen LogP contribution is -2.16. The van der Waals surface area contributed by atoms with Crippen molar-refractivity contribution < 1.29 is 26.4 Å². The molecule has 0 saturated heterocycles. The molecule has 2 aromatic heterocycles. The number of anilines is 1. The molecule has 1 N–H and O–H groups in total. The SMILES string of the molecule is CCS(=O)(=O)Nc1cccc(Cc2c(C)c3ccc(Oc4ncccc4F)cc3oc2=O)c1F. The standard InChI is InChI=1S/C24H20F2N2O5S/c1-3-34(30,31)28-20-8-4-6-15(22(20)26)12-18-14(2)17-10-9-16(13-21(17)33-24(18)29)32-23-19(25)7-5-11-27-23/h4-11,13,28H,3,12H2,1-2H3. The van der Waals surface area contributed by atoms with Crippen LogP contribution in [0.3, 0.4) is 0 Å². The molecule has 0 spiro atoms. The van der Waals surface area contributed by atoms with E-state index in [0.29, 0.717) is 10.9 Å². The summed E-state index contributed by atoms with van der Waals surface area (Å²) in [6, 6.07) is 11.6. The minimum Gasteiger partial charge on any atom is -0.436 e. The Morgan fingerprint density at radius 3 is 2.65 bits per heavy atom. The van der Waals surface area contributed by atoms with Crippen LogP contribution in [0.4, 0.5) is 14.5 Å². The monoisotopic (exact) mass is 486 g/mol. The summed E-state index contributed by atoms with van der Waals surface area (Å²) in [4.78, 5) is 16.6. The first-order chi connectivity index (χ1) is 16.2. The molecule has 4 aromatic rings. The highest BCUT2D eigenvalue weighted by Crippen LogP contribution is 2.29. The van der Waals surface area contributed by atoms with E-state index in [2.05, 4.69) is 9.71 Å². The third kappa shape index (κ3) is 4.76. The second-order valence-corrected chi connectivity index (χ2v) is 9.52. The molecule has 0 saturated carbocycles. The second-order valence-electron chi connectivity index (χ2n) is 7.50. The van der Waals surface area contributed by atoms with Gasteiger partial charge in [0.1, 0.15) is 11.3 Å². The number of hydrogen-bond acceptors (Lipinski definition) is 6. The number of nitrogens with zero attached hydrogens (tertiary/aromatic N) is 1. The van der Waals surface area contributed by atoms with Crippen molar-refractivity contribution in [2.75, 3.05) is 10.5 Å². The van der Waals surface area contributed by atoms with E-state index in [0.717, 1.165) is 0 Å². The van der Waals surface area contributed by atoms with Crippen LogP contribution < -0.4 is 15.1 Å². The Hall–Kier alpha value is -3.79. The summed E-state index contributed by atoms with van der Waals surface area (Å²) < 4.78 is 65.5. The van der Waals surface area contributed by atoms with Gasteiger partial charge < -0.3 is 9.15 Å². The Morgan fingerprint density at radius 2 is 1.91 bits per heavy atom. The fraction of sp³-hybridized carbons (Fsp3) is 0.167. The fourth-order valence-electron chi connectivity index (χ4n) is 3.43. The van der Waals surface area contributed by atoms with Crippen molar-refractivity contribution in [3.63, 3.8) is 0 Å². The minimum absolute atomic E-state index is 0.102. The Balaban J connectivity index is 1.68. The number of aromatic nitrogens is 1. The Labute approximate surface area is 194 Å². The van der Waals surface area contributed by atoms with Gasteiger partial charge >= 0.3 is 5.63 Å². The summed E-state index contributed by atoms with van der Waals surface area (Å²) in [5, 5.41) is 0.590. The number of ether oxygens (including phenoxy) is 1. The fourth-order valence-corrected chi connectivity index (χ4v) is 4.06. The van der Waals surface area contributed by atoms with Gasteiger partial charge in [-0.1, -0.05) is 12.1 Å². The van der Waals surface area contributed by atoms with E-state index in [-0.39, 0.29) is 46.2 Å². The van der Waals surface area contributed by atoms with Crippen LogP contribution in [0.15, 0.2) is 63.9 Å². The van der Waals surface area contributed by atoms with Crippen LogP contribution in [0.2, 0.25) is 0 Å². The van der Waals surface area contributed by atoms with Crippen LogP contribution >= 0.6 is 0 Å². The number of benzene rings is 2. The molecular weight excluding hydrogens is 466 g/mol. The van der Waals surface area contributed by atoms with E-state index in [9.17, 15) is 22.0 Å². The molecule has 0 aliphatic heterocycles. The van der Waals surface area contributed by atoms with E-state index in [4.69, 9.17) is 9.15 Å². The molecule has 0 fully saturated rings. The third-order valence-electron chi connectivity index (χ3n) is 5.29. The molecule has 0 aliphatic rings. The lowest BCUT2D eigenvalue weighted by Gasteiger charge is -2.12. The molecule has 176 valence electrons. The number of sulfonamides is 1. The molecule has 2 aromatic carbocycles. The van der Waals surface area contributed by atoms with Gasteiger partial charge in [0.2, 0.25) is 10.0 Å². The van der Waals surface area contributed by atoms with Crippen molar-refractivity contribution in [3.8, 4) is 11.6 Å². The average molecular weight is 486 g/mol. The van der Waals surface area contributed by atoms with Crippen molar-refractivity contribution in [1.29, 1.82) is 0 Å². The zero-order valence-corrected chi connectivity index (χ0v) is 19.1. The smallest absolute Gasteiger partial charge is 0.340 e. The van der Waals surface area contributed by atoms with Crippen LogP contribution in [0, 0.1) is 18.6 Å². The maximum atomic E-state index is 15.0. The molecule has 10 heteroatoms.